The molecule has 4 heterocycles. The third kappa shape index (κ3) is 4.09. The van der Waals surface area contributed by atoms with Gasteiger partial charge in [-0.25, -0.2) is 9.97 Å². The molecule has 0 aliphatic carbocycles. The SMILES string of the molecule is CCCc1cc2c(N3CCn4c(nnc4C(F)(F)F)C3)nc(C(=N)OC(C)=N)nc2s1. The van der Waals surface area contributed by atoms with Gasteiger partial charge in [0.05, 0.1) is 11.9 Å². The van der Waals surface area contributed by atoms with Crippen LogP contribution in [0, 0.1) is 10.8 Å². The van der Waals surface area contributed by atoms with Gasteiger partial charge in [-0.15, -0.1) is 21.5 Å². The first-order valence-electron chi connectivity index (χ1n) is 9.54. The number of anilines is 1. The van der Waals surface area contributed by atoms with E-state index >= 15 is 0 Å². The molecule has 31 heavy (non-hydrogen) atoms. The number of alkyl halides is 3. The molecule has 2 N–H and O–H groups in total. The van der Waals surface area contributed by atoms with E-state index in [1.54, 1.807) is 0 Å². The van der Waals surface area contributed by atoms with Crippen LogP contribution in [0.15, 0.2) is 6.07 Å². The summed E-state index contributed by atoms with van der Waals surface area (Å²) in [7, 11) is 0. The van der Waals surface area contributed by atoms with E-state index in [1.165, 1.54) is 18.3 Å². The molecule has 0 amide bonds. The maximum atomic E-state index is 13.1. The molecule has 0 radical (unpaired) electrons. The Labute approximate surface area is 178 Å². The summed E-state index contributed by atoms with van der Waals surface area (Å²) >= 11 is 1.48. The van der Waals surface area contributed by atoms with E-state index in [4.69, 9.17) is 15.6 Å². The van der Waals surface area contributed by atoms with Gasteiger partial charge in [-0.3, -0.25) is 10.8 Å². The molecule has 1 aliphatic rings. The van der Waals surface area contributed by atoms with E-state index in [-0.39, 0.29) is 43.1 Å². The topological polar surface area (TPSA) is 117 Å². The van der Waals surface area contributed by atoms with Crippen LogP contribution in [0.5, 0.6) is 0 Å². The van der Waals surface area contributed by atoms with Gasteiger partial charge in [-0.05, 0) is 12.5 Å². The average molecular weight is 452 g/mol. The zero-order valence-electron chi connectivity index (χ0n) is 16.7. The lowest BCUT2D eigenvalue weighted by Crippen LogP contribution is -2.36. The number of hydrogen-bond acceptors (Lipinski definition) is 9. The van der Waals surface area contributed by atoms with Crippen LogP contribution in [0.25, 0.3) is 10.2 Å². The normalized spacial score (nSPS) is 14.0. The predicted octanol–water partition coefficient (Wildman–Crippen LogP) is 3.61. The van der Waals surface area contributed by atoms with Crippen molar-refractivity contribution in [1.82, 2.24) is 24.7 Å². The lowest BCUT2D eigenvalue weighted by molar-refractivity contribution is -0.147. The molecular weight excluding hydrogens is 433 g/mol. The number of thiophene rings is 1. The molecule has 164 valence electrons. The highest BCUT2D eigenvalue weighted by Crippen LogP contribution is 2.35. The summed E-state index contributed by atoms with van der Waals surface area (Å²) in [5.41, 5.74) is 0. The van der Waals surface area contributed by atoms with Crippen molar-refractivity contribution in [3.63, 3.8) is 0 Å². The van der Waals surface area contributed by atoms with Gasteiger partial charge < -0.3 is 14.2 Å². The highest BCUT2D eigenvalue weighted by Gasteiger charge is 2.39. The third-order valence-electron chi connectivity index (χ3n) is 4.68. The minimum absolute atomic E-state index is 0.0158. The third-order valence-corrected chi connectivity index (χ3v) is 5.77. The Hall–Kier alpha value is -3.09. The van der Waals surface area contributed by atoms with Crippen LogP contribution >= 0.6 is 11.3 Å². The van der Waals surface area contributed by atoms with Crippen LogP contribution in [0.2, 0.25) is 0 Å². The summed E-state index contributed by atoms with van der Waals surface area (Å²) in [6.07, 6.45) is -2.77. The van der Waals surface area contributed by atoms with Crippen molar-refractivity contribution >= 4 is 39.2 Å². The fourth-order valence-corrected chi connectivity index (χ4v) is 4.54. The van der Waals surface area contributed by atoms with Crippen molar-refractivity contribution < 1.29 is 17.9 Å². The fraction of sp³-hybridized carbons (Fsp3) is 0.444. The van der Waals surface area contributed by atoms with E-state index in [1.807, 2.05) is 11.0 Å². The molecule has 3 aromatic heterocycles. The molecular formula is C18H19F3N8OS. The summed E-state index contributed by atoms with van der Waals surface area (Å²) in [6, 6.07) is 1.98. The van der Waals surface area contributed by atoms with Crippen molar-refractivity contribution in [3.05, 3.63) is 28.4 Å². The highest BCUT2D eigenvalue weighted by atomic mass is 32.1. The van der Waals surface area contributed by atoms with Crippen molar-refractivity contribution in [2.24, 2.45) is 0 Å². The molecule has 0 spiro atoms. The molecule has 13 heteroatoms. The monoisotopic (exact) mass is 452 g/mol. The van der Waals surface area contributed by atoms with Crippen LogP contribution in [-0.4, -0.2) is 43.1 Å². The molecule has 0 saturated carbocycles. The Morgan fingerprint density at radius 1 is 1.23 bits per heavy atom. The number of aryl methyl sites for hydroxylation is 1. The number of aromatic nitrogens is 5. The summed E-state index contributed by atoms with van der Waals surface area (Å²) in [5, 5.41) is 23.3. The quantitative estimate of drug-likeness (QED) is 0.461. The standard InChI is InChI=1S/C18H19F3N8OS/c1-3-4-10-7-11-15(24-14(25-16(11)31-10)13(23)30-9(2)22)28-5-6-29-12(8-28)26-27-17(29)18(19,20)21/h7,22-23H,3-6,8H2,1-2H3. The van der Waals surface area contributed by atoms with Gasteiger partial charge in [-0.2, -0.15) is 13.2 Å². The molecule has 0 bridgehead atoms. The molecule has 0 fully saturated rings. The van der Waals surface area contributed by atoms with Gasteiger partial charge >= 0.3 is 6.18 Å². The Bertz CT molecular complexity index is 1170. The van der Waals surface area contributed by atoms with Crippen molar-refractivity contribution in [1.29, 1.82) is 10.8 Å². The van der Waals surface area contributed by atoms with Crippen LogP contribution in [-0.2, 0) is 30.4 Å². The van der Waals surface area contributed by atoms with Crippen molar-refractivity contribution in [2.45, 2.75) is 46.0 Å². The number of nitrogens with zero attached hydrogens (tertiary/aromatic N) is 6. The highest BCUT2D eigenvalue weighted by molar-refractivity contribution is 7.18. The average Bonchev–Trinajstić information content (AvgIpc) is 3.29. The van der Waals surface area contributed by atoms with Crippen LogP contribution in [0.3, 0.4) is 0 Å². The fourth-order valence-electron chi connectivity index (χ4n) is 3.42. The van der Waals surface area contributed by atoms with Crippen molar-refractivity contribution in [3.8, 4) is 0 Å². The summed E-state index contributed by atoms with van der Waals surface area (Å²) < 4.78 is 45.6. The Balaban J connectivity index is 1.76. The number of rotatable bonds is 4. The largest absolute Gasteiger partial charge is 0.451 e. The van der Waals surface area contributed by atoms with E-state index in [0.29, 0.717) is 10.6 Å². The molecule has 0 aromatic carbocycles. The lowest BCUT2D eigenvalue weighted by atomic mass is 10.2. The second-order valence-electron chi connectivity index (χ2n) is 7.05. The van der Waals surface area contributed by atoms with E-state index in [9.17, 15) is 13.2 Å². The Kier molecular flexibility index (Phi) is 5.37. The molecule has 4 rings (SSSR count). The molecule has 0 unspecified atom stereocenters. The Morgan fingerprint density at radius 2 is 2.00 bits per heavy atom. The number of nitrogens with one attached hydrogen (secondary N) is 2. The molecule has 1 aliphatic heterocycles. The van der Waals surface area contributed by atoms with Gasteiger partial charge in [0.1, 0.15) is 10.6 Å². The van der Waals surface area contributed by atoms with Crippen LogP contribution in [0.4, 0.5) is 19.0 Å². The predicted molar refractivity (Wildman–Crippen MR) is 109 cm³/mol. The minimum Gasteiger partial charge on any atom is -0.422 e. The maximum absolute atomic E-state index is 13.1. The van der Waals surface area contributed by atoms with E-state index in [0.717, 1.165) is 27.7 Å². The number of fused-ring (bicyclic) bond motifs is 2. The summed E-state index contributed by atoms with van der Waals surface area (Å²) in [4.78, 5) is 12.5. The first kappa shape index (κ1) is 21.2. The molecule has 0 saturated heterocycles. The Morgan fingerprint density at radius 3 is 2.68 bits per heavy atom. The smallest absolute Gasteiger partial charge is 0.422 e. The van der Waals surface area contributed by atoms with Crippen LogP contribution in [0.1, 0.15) is 42.6 Å². The van der Waals surface area contributed by atoms with E-state index < -0.39 is 12.0 Å². The number of halogens is 3. The maximum Gasteiger partial charge on any atom is 0.451 e. The van der Waals surface area contributed by atoms with Gasteiger partial charge in [-0.1, -0.05) is 13.3 Å². The van der Waals surface area contributed by atoms with Crippen LogP contribution < -0.4 is 4.90 Å². The van der Waals surface area contributed by atoms with Gasteiger partial charge in [0.2, 0.25) is 11.6 Å². The number of ether oxygens (including phenoxy) is 1. The zero-order valence-corrected chi connectivity index (χ0v) is 17.6. The van der Waals surface area contributed by atoms with Gasteiger partial charge in [0.15, 0.2) is 11.7 Å². The van der Waals surface area contributed by atoms with Crippen molar-refractivity contribution in [2.75, 3.05) is 11.4 Å². The second-order valence-corrected chi connectivity index (χ2v) is 8.17. The van der Waals surface area contributed by atoms with E-state index in [2.05, 4.69) is 27.1 Å². The van der Waals surface area contributed by atoms with Gasteiger partial charge in [0, 0.05) is 24.9 Å². The first-order chi connectivity index (χ1) is 14.7. The first-order valence-corrected chi connectivity index (χ1v) is 10.4. The summed E-state index contributed by atoms with van der Waals surface area (Å²) in [5.74, 6) is -0.829. The number of hydrogen-bond donors (Lipinski definition) is 2. The minimum atomic E-state index is -4.57. The molecule has 3 aromatic rings. The van der Waals surface area contributed by atoms with Gasteiger partial charge in [0.25, 0.3) is 5.90 Å². The molecule has 9 nitrogen and oxygen atoms in total. The summed E-state index contributed by atoms with van der Waals surface area (Å²) in [6.45, 7) is 3.86. The molecule has 0 atom stereocenters. The zero-order chi connectivity index (χ0) is 22.3. The second kappa shape index (κ2) is 7.87. The lowest BCUT2D eigenvalue weighted by Gasteiger charge is -2.29.